The van der Waals surface area contributed by atoms with E-state index in [1.165, 1.54) is 0 Å². The van der Waals surface area contributed by atoms with Gasteiger partial charge in [0, 0.05) is 5.69 Å². The third-order valence-corrected chi connectivity index (χ3v) is 2.16. The largest absolute Gasteiger partial charge is 0.481 e. The molecule has 0 aliphatic rings. The van der Waals surface area contributed by atoms with Crippen molar-refractivity contribution in [3.8, 4) is 0 Å². The summed E-state index contributed by atoms with van der Waals surface area (Å²) in [5.74, 6) is -2.50. The number of carboxylic acid groups (broad SMARTS) is 1. The van der Waals surface area contributed by atoms with E-state index in [1.807, 2.05) is 0 Å². The van der Waals surface area contributed by atoms with Crippen LogP contribution in [0, 0.1) is 12.8 Å². The summed E-state index contributed by atoms with van der Waals surface area (Å²) in [5, 5.41) is 8.83. The average molecular weight is 207 g/mol. The van der Waals surface area contributed by atoms with E-state index < -0.39 is 17.7 Å². The molecule has 4 heteroatoms. The normalized spacial score (nSPS) is 12.1. The van der Waals surface area contributed by atoms with Crippen LogP contribution in [0.1, 0.15) is 29.5 Å². The minimum Gasteiger partial charge on any atom is -0.481 e. The molecule has 80 valence electrons. The van der Waals surface area contributed by atoms with E-state index in [0.717, 1.165) is 0 Å². The van der Waals surface area contributed by atoms with Crippen molar-refractivity contribution in [3.63, 3.8) is 0 Å². The first-order valence-electron chi connectivity index (χ1n) is 4.77. The van der Waals surface area contributed by atoms with Crippen LogP contribution in [0.15, 0.2) is 18.2 Å². The van der Waals surface area contributed by atoms with Crippen LogP contribution in [-0.2, 0) is 4.79 Å². The lowest BCUT2D eigenvalue weighted by atomic mass is 9.98. The van der Waals surface area contributed by atoms with Crippen molar-refractivity contribution in [1.82, 2.24) is 4.98 Å². The SMILES string of the molecule is CCC(C(=O)O)C(=O)c1cccc(C)n1. The quantitative estimate of drug-likeness (QED) is 0.602. The minimum absolute atomic E-state index is 0.226. The van der Waals surface area contributed by atoms with Gasteiger partial charge >= 0.3 is 5.97 Å². The van der Waals surface area contributed by atoms with E-state index in [9.17, 15) is 9.59 Å². The van der Waals surface area contributed by atoms with Gasteiger partial charge in [-0.2, -0.15) is 0 Å². The number of carbonyl (C=O) groups excluding carboxylic acids is 1. The summed E-state index contributed by atoms with van der Waals surface area (Å²) in [7, 11) is 0. The lowest BCUT2D eigenvalue weighted by Gasteiger charge is -2.07. The predicted octanol–water partition coefficient (Wildman–Crippen LogP) is 1.68. The number of aliphatic carboxylic acids is 1. The highest BCUT2D eigenvalue weighted by Crippen LogP contribution is 2.11. The number of carboxylic acids is 1. The highest BCUT2D eigenvalue weighted by atomic mass is 16.4. The van der Waals surface area contributed by atoms with Crippen LogP contribution in [0.5, 0.6) is 0 Å². The van der Waals surface area contributed by atoms with E-state index in [0.29, 0.717) is 5.69 Å². The maximum atomic E-state index is 11.7. The summed E-state index contributed by atoms with van der Waals surface area (Å²) >= 11 is 0. The summed E-state index contributed by atoms with van der Waals surface area (Å²) in [4.78, 5) is 26.5. The predicted molar refractivity (Wildman–Crippen MR) is 54.7 cm³/mol. The number of hydrogen-bond donors (Lipinski definition) is 1. The van der Waals surface area contributed by atoms with E-state index in [-0.39, 0.29) is 12.1 Å². The first-order valence-corrected chi connectivity index (χ1v) is 4.77. The highest BCUT2D eigenvalue weighted by molar-refractivity contribution is 6.07. The smallest absolute Gasteiger partial charge is 0.314 e. The second-order valence-electron chi connectivity index (χ2n) is 3.33. The van der Waals surface area contributed by atoms with Crippen molar-refractivity contribution in [2.24, 2.45) is 5.92 Å². The lowest BCUT2D eigenvalue weighted by Crippen LogP contribution is -2.24. The molecule has 0 aromatic carbocycles. The van der Waals surface area contributed by atoms with Gasteiger partial charge in [0.2, 0.25) is 0 Å². The van der Waals surface area contributed by atoms with Gasteiger partial charge in [-0.05, 0) is 25.5 Å². The maximum Gasteiger partial charge on any atom is 0.314 e. The molecule has 0 saturated heterocycles. The monoisotopic (exact) mass is 207 g/mol. The molecule has 0 bridgehead atoms. The van der Waals surface area contributed by atoms with E-state index in [1.54, 1.807) is 32.0 Å². The molecule has 0 fully saturated rings. The Labute approximate surface area is 88.0 Å². The van der Waals surface area contributed by atoms with Crippen molar-refractivity contribution < 1.29 is 14.7 Å². The van der Waals surface area contributed by atoms with Crippen LogP contribution in [-0.4, -0.2) is 21.8 Å². The summed E-state index contributed by atoms with van der Waals surface area (Å²) in [6.45, 7) is 3.44. The van der Waals surface area contributed by atoms with Crippen molar-refractivity contribution in [2.45, 2.75) is 20.3 Å². The van der Waals surface area contributed by atoms with Gasteiger partial charge in [0.25, 0.3) is 0 Å². The standard InChI is InChI=1S/C11H13NO3/c1-3-8(11(14)15)10(13)9-6-4-5-7(2)12-9/h4-6,8H,3H2,1-2H3,(H,14,15). The molecular formula is C11H13NO3. The topological polar surface area (TPSA) is 67.3 Å². The Morgan fingerprint density at radius 3 is 2.60 bits per heavy atom. The van der Waals surface area contributed by atoms with Crippen LogP contribution in [0.3, 0.4) is 0 Å². The molecule has 0 radical (unpaired) electrons. The number of Topliss-reactive ketones (excluding diaryl/α,β-unsaturated/α-hetero) is 1. The molecule has 0 spiro atoms. The van der Waals surface area contributed by atoms with Gasteiger partial charge in [-0.25, -0.2) is 4.98 Å². The maximum absolute atomic E-state index is 11.7. The number of pyridine rings is 1. The van der Waals surface area contributed by atoms with E-state index >= 15 is 0 Å². The van der Waals surface area contributed by atoms with Gasteiger partial charge < -0.3 is 5.11 Å². The van der Waals surface area contributed by atoms with Crippen LogP contribution in [0.2, 0.25) is 0 Å². The molecule has 4 nitrogen and oxygen atoms in total. The van der Waals surface area contributed by atoms with E-state index in [4.69, 9.17) is 5.11 Å². The van der Waals surface area contributed by atoms with Gasteiger partial charge in [0.15, 0.2) is 5.78 Å². The molecule has 0 aliphatic heterocycles. The molecular weight excluding hydrogens is 194 g/mol. The van der Waals surface area contributed by atoms with Gasteiger partial charge in [-0.3, -0.25) is 9.59 Å². The first kappa shape index (κ1) is 11.4. The summed E-state index contributed by atoms with van der Waals surface area (Å²) in [6, 6.07) is 5.00. The number of nitrogens with zero attached hydrogens (tertiary/aromatic N) is 1. The molecule has 0 amide bonds. The number of hydrogen-bond acceptors (Lipinski definition) is 3. The molecule has 0 aliphatic carbocycles. The molecule has 15 heavy (non-hydrogen) atoms. The third-order valence-electron chi connectivity index (χ3n) is 2.16. The zero-order chi connectivity index (χ0) is 11.4. The number of rotatable bonds is 4. The van der Waals surface area contributed by atoms with Crippen molar-refractivity contribution in [1.29, 1.82) is 0 Å². The van der Waals surface area contributed by atoms with Crippen LogP contribution < -0.4 is 0 Å². The zero-order valence-corrected chi connectivity index (χ0v) is 8.73. The molecule has 1 aromatic heterocycles. The second-order valence-corrected chi connectivity index (χ2v) is 3.33. The summed E-state index contributed by atoms with van der Waals surface area (Å²) < 4.78 is 0. The Hall–Kier alpha value is -1.71. The molecule has 1 aromatic rings. The number of aromatic nitrogens is 1. The Kier molecular flexibility index (Phi) is 3.55. The number of aryl methyl sites for hydroxylation is 1. The van der Waals surface area contributed by atoms with Gasteiger partial charge in [-0.15, -0.1) is 0 Å². The van der Waals surface area contributed by atoms with Crippen LogP contribution >= 0.6 is 0 Å². The van der Waals surface area contributed by atoms with Crippen LogP contribution in [0.4, 0.5) is 0 Å². The second kappa shape index (κ2) is 4.68. The van der Waals surface area contributed by atoms with Crippen molar-refractivity contribution >= 4 is 11.8 Å². The molecule has 1 atom stereocenters. The van der Waals surface area contributed by atoms with Gasteiger partial charge in [0.1, 0.15) is 11.6 Å². The lowest BCUT2D eigenvalue weighted by molar-refractivity contribution is -0.140. The fraction of sp³-hybridized carbons (Fsp3) is 0.364. The van der Waals surface area contributed by atoms with Crippen molar-refractivity contribution in [2.75, 3.05) is 0 Å². The van der Waals surface area contributed by atoms with Crippen molar-refractivity contribution in [3.05, 3.63) is 29.6 Å². The zero-order valence-electron chi connectivity index (χ0n) is 8.73. The van der Waals surface area contributed by atoms with Crippen LogP contribution in [0.25, 0.3) is 0 Å². The number of ketones is 1. The molecule has 1 N–H and O–H groups in total. The molecule has 1 unspecified atom stereocenters. The van der Waals surface area contributed by atoms with E-state index in [2.05, 4.69) is 4.98 Å². The Balaban J connectivity index is 2.98. The average Bonchev–Trinajstić information content (AvgIpc) is 2.18. The Morgan fingerprint density at radius 1 is 1.47 bits per heavy atom. The molecule has 1 rings (SSSR count). The molecule has 0 saturated carbocycles. The number of carbonyl (C=O) groups is 2. The van der Waals surface area contributed by atoms with Gasteiger partial charge in [-0.1, -0.05) is 13.0 Å². The third kappa shape index (κ3) is 2.62. The molecule has 1 heterocycles. The Morgan fingerprint density at radius 2 is 2.13 bits per heavy atom. The highest BCUT2D eigenvalue weighted by Gasteiger charge is 2.26. The Bertz CT molecular complexity index is 387. The minimum atomic E-state index is -1.09. The first-order chi connectivity index (χ1) is 7.06. The fourth-order valence-electron chi connectivity index (χ4n) is 1.33. The summed E-state index contributed by atoms with van der Waals surface area (Å²) in [5.41, 5.74) is 0.936. The fourth-order valence-corrected chi connectivity index (χ4v) is 1.33. The van der Waals surface area contributed by atoms with Gasteiger partial charge in [0.05, 0.1) is 0 Å². The summed E-state index contributed by atoms with van der Waals surface area (Å²) in [6.07, 6.45) is 0.282.